The van der Waals surface area contributed by atoms with E-state index in [1.165, 1.54) is 0 Å². The van der Waals surface area contributed by atoms with Gasteiger partial charge in [-0.3, -0.25) is 4.79 Å². The van der Waals surface area contributed by atoms with Crippen molar-refractivity contribution in [3.05, 3.63) is 29.3 Å². The lowest BCUT2D eigenvalue weighted by atomic mass is 9.87. The maximum absolute atomic E-state index is 11.8. The first kappa shape index (κ1) is 17.5. The zero-order valence-electron chi connectivity index (χ0n) is 13.7. The summed E-state index contributed by atoms with van der Waals surface area (Å²) in [6.45, 7) is 10.3. The van der Waals surface area contributed by atoms with Gasteiger partial charge in [0.15, 0.2) is 6.61 Å². The number of hydrogen-bond acceptors (Lipinski definition) is 3. The molecule has 0 saturated heterocycles. The van der Waals surface area contributed by atoms with Crippen molar-refractivity contribution in [2.75, 3.05) is 13.2 Å². The highest BCUT2D eigenvalue weighted by molar-refractivity contribution is 5.77. The predicted octanol–water partition coefficient (Wildman–Crippen LogP) is 2.60. The number of aliphatic hydroxyl groups excluding tert-OH is 1. The van der Waals surface area contributed by atoms with Crippen molar-refractivity contribution < 1.29 is 14.6 Å². The Kier molecular flexibility index (Phi) is 6.21. The van der Waals surface area contributed by atoms with Gasteiger partial charge in [-0.1, -0.05) is 26.0 Å². The monoisotopic (exact) mass is 293 g/mol. The van der Waals surface area contributed by atoms with Crippen LogP contribution in [0.15, 0.2) is 18.2 Å². The number of benzene rings is 1. The summed E-state index contributed by atoms with van der Waals surface area (Å²) < 4.78 is 5.56. The Morgan fingerprint density at radius 3 is 2.67 bits per heavy atom. The standard InChI is InChI=1S/C17H27NO3/c1-12-6-7-13(2)15(8-12)21-10-16(20)18-11-17(4,5)9-14(3)19/h6-8,14,19H,9-11H2,1-5H3,(H,18,20). The maximum Gasteiger partial charge on any atom is 0.257 e. The number of aliphatic hydroxyl groups is 1. The number of amides is 1. The number of carbonyl (C=O) groups excluding carboxylic acids is 1. The molecule has 0 radical (unpaired) electrons. The smallest absolute Gasteiger partial charge is 0.257 e. The normalized spacial score (nSPS) is 12.9. The minimum Gasteiger partial charge on any atom is -0.483 e. The third kappa shape index (κ3) is 6.63. The third-order valence-electron chi connectivity index (χ3n) is 3.31. The molecule has 0 aliphatic heterocycles. The van der Waals surface area contributed by atoms with E-state index in [1.807, 2.05) is 45.9 Å². The van der Waals surface area contributed by atoms with Gasteiger partial charge in [0.25, 0.3) is 5.91 Å². The summed E-state index contributed by atoms with van der Waals surface area (Å²) in [6.07, 6.45) is 0.272. The summed E-state index contributed by atoms with van der Waals surface area (Å²) in [5, 5.41) is 12.3. The zero-order valence-corrected chi connectivity index (χ0v) is 13.7. The van der Waals surface area contributed by atoms with Crippen molar-refractivity contribution in [1.82, 2.24) is 5.32 Å². The first-order chi connectivity index (χ1) is 9.69. The molecule has 1 rings (SSSR count). The molecule has 118 valence electrons. The molecule has 0 aliphatic carbocycles. The largest absolute Gasteiger partial charge is 0.483 e. The lowest BCUT2D eigenvalue weighted by Gasteiger charge is -2.26. The summed E-state index contributed by atoms with van der Waals surface area (Å²) in [4.78, 5) is 11.8. The second kappa shape index (κ2) is 7.46. The molecule has 0 saturated carbocycles. The fourth-order valence-corrected chi connectivity index (χ4v) is 2.27. The van der Waals surface area contributed by atoms with E-state index >= 15 is 0 Å². The summed E-state index contributed by atoms with van der Waals surface area (Å²) in [5.74, 6) is 0.600. The van der Waals surface area contributed by atoms with Crippen LogP contribution >= 0.6 is 0 Å². The average molecular weight is 293 g/mol. The van der Waals surface area contributed by atoms with E-state index in [1.54, 1.807) is 6.92 Å². The highest BCUT2D eigenvalue weighted by Gasteiger charge is 2.21. The van der Waals surface area contributed by atoms with Crippen molar-refractivity contribution in [3.63, 3.8) is 0 Å². The SMILES string of the molecule is Cc1ccc(C)c(OCC(=O)NCC(C)(C)CC(C)O)c1. The van der Waals surface area contributed by atoms with E-state index in [0.717, 1.165) is 16.9 Å². The quantitative estimate of drug-likeness (QED) is 0.812. The topological polar surface area (TPSA) is 58.6 Å². The Balaban J connectivity index is 2.42. The molecule has 4 heteroatoms. The second-order valence-corrected chi connectivity index (χ2v) is 6.55. The van der Waals surface area contributed by atoms with Crippen LogP contribution in [-0.2, 0) is 4.79 Å². The number of aryl methyl sites for hydroxylation is 2. The van der Waals surface area contributed by atoms with Crippen molar-refractivity contribution in [1.29, 1.82) is 0 Å². The molecule has 1 atom stereocenters. The number of carbonyl (C=O) groups is 1. The minimum atomic E-state index is -0.372. The van der Waals surface area contributed by atoms with Gasteiger partial charge in [-0.15, -0.1) is 0 Å². The van der Waals surface area contributed by atoms with E-state index in [2.05, 4.69) is 5.32 Å². The number of ether oxygens (including phenoxy) is 1. The molecular weight excluding hydrogens is 266 g/mol. The van der Waals surface area contributed by atoms with Crippen LogP contribution in [0.5, 0.6) is 5.75 Å². The molecular formula is C17H27NO3. The maximum atomic E-state index is 11.8. The van der Waals surface area contributed by atoms with E-state index in [-0.39, 0.29) is 24.0 Å². The van der Waals surface area contributed by atoms with Crippen LogP contribution < -0.4 is 10.1 Å². The van der Waals surface area contributed by atoms with Gasteiger partial charge in [-0.05, 0) is 49.8 Å². The molecule has 1 aromatic rings. The Hall–Kier alpha value is -1.55. The van der Waals surface area contributed by atoms with Crippen molar-refractivity contribution >= 4 is 5.91 Å². The molecule has 4 nitrogen and oxygen atoms in total. The molecule has 21 heavy (non-hydrogen) atoms. The molecule has 1 amide bonds. The highest BCUT2D eigenvalue weighted by Crippen LogP contribution is 2.21. The Bertz CT molecular complexity index is 481. The zero-order chi connectivity index (χ0) is 16.0. The fourth-order valence-electron chi connectivity index (χ4n) is 2.27. The third-order valence-corrected chi connectivity index (χ3v) is 3.31. The van der Waals surface area contributed by atoms with Gasteiger partial charge in [0, 0.05) is 6.54 Å². The van der Waals surface area contributed by atoms with Crippen molar-refractivity contribution in [3.8, 4) is 5.75 Å². The molecule has 0 bridgehead atoms. The molecule has 2 N–H and O–H groups in total. The summed E-state index contributed by atoms with van der Waals surface area (Å²) in [6, 6.07) is 5.93. The van der Waals surface area contributed by atoms with Gasteiger partial charge in [0.05, 0.1) is 6.10 Å². The molecule has 0 spiro atoms. The summed E-state index contributed by atoms with van der Waals surface area (Å²) in [5.41, 5.74) is 1.99. The van der Waals surface area contributed by atoms with Gasteiger partial charge in [-0.25, -0.2) is 0 Å². The Morgan fingerprint density at radius 2 is 2.05 bits per heavy atom. The van der Waals surface area contributed by atoms with E-state index in [0.29, 0.717) is 13.0 Å². The van der Waals surface area contributed by atoms with E-state index in [4.69, 9.17) is 4.74 Å². The lowest BCUT2D eigenvalue weighted by Crippen LogP contribution is -2.38. The van der Waals surface area contributed by atoms with E-state index in [9.17, 15) is 9.90 Å². The minimum absolute atomic E-state index is 0.00898. The number of nitrogens with one attached hydrogen (secondary N) is 1. The number of rotatable bonds is 7. The summed E-state index contributed by atoms with van der Waals surface area (Å²) >= 11 is 0. The van der Waals surface area contributed by atoms with Crippen LogP contribution in [-0.4, -0.2) is 30.3 Å². The summed E-state index contributed by atoms with van der Waals surface area (Å²) in [7, 11) is 0. The van der Waals surface area contributed by atoms with Crippen LogP contribution in [0, 0.1) is 19.3 Å². The number of hydrogen-bond donors (Lipinski definition) is 2. The average Bonchev–Trinajstić information content (AvgIpc) is 2.36. The first-order valence-electron chi connectivity index (χ1n) is 7.34. The molecule has 0 fully saturated rings. The van der Waals surface area contributed by atoms with Gasteiger partial charge in [-0.2, -0.15) is 0 Å². The highest BCUT2D eigenvalue weighted by atomic mass is 16.5. The van der Waals surface area contributed by atoms with E-state index < -0.39 is 0 Å². The van der Waals surface area contributed by atoms with Gasteiger partial charge < -0.3 is 15.2 Å². The van der Waals surface area contributed by atoms with Gasteiger partial charge in [0.2, 0.25) is 0 Å². The lowest BCUT2D eigenvalue weighted by molar-refractivity contribution is -0.123. The predicted molar refractivity (Wildman–Crippen MR) is 84.5 cm³/mol. The van der Waals surface area contributed by atoms with Crippen LogP contribution in [0.25, 0.3) is 0 Å². The van der Waals surface area contributed by atoms with Crippen LogP contribution in [0.3, 0.4) is 0 Å². The molecule has 0 heterocycles. The Morgan fingerprint density at radius 1 is 1.38 bits per heavy atom. The van der Waals surface area contributed by atoms with Crippen LogP contribution in [0.1, 0.15) is 38.3 Å². The molecule has 1 aromatic carbocycles. The second-order valence-electron chi connectivity index (χ2n) is 6.55. The van der Waals surface area contributed by atoms with Gasteiger partial charge >= 0.3 is 0 Å². The molecule has 1 unspecified atom stereocenters. The Labute approximate surface area is 127 Å². The van der Waals surface area contributed by atoms with Gasteiger partial charge in [0.1, 0.15) is 5.75 Å². The fraction of sp³-hybridized carbons (Fsp3) is 0.588. The molecule has 0 aromatic heterocycles. The van der Waals surface area contributed by atoms with Crippen molar-refractivity contribution in [2.45, 2.75) is 47.1 Å². The van der Waals surface area contributed by atoms with Crippen LogP contribution in [0.2, 0.25) is 0 Å². The van der Waals surface area contributed by atoms with Crippen molar-refractivity contribution in [2.24, 2.45) is 5.41 Å². The molecule has 0 aliphatic rings. The first-order valence-corrected chi connectivity index (χ1v) is 7.34. The van der Waals surface area contributed by atoms with Crippen LogP contribution in [0.4, 0.5) is 0 Å².